The van der Waals surface area contributed by atoms with Gasteiger partial charge in [-0.1, -0.05) is 30.3 Å². The standard InChI is InChI=1S/C14H16O2/c1-11-9-13(15)10-14(16-11)8-7-12-5-3-2-4-6-12/h2-6,9,14H,7-8,10H2,1H3/t14-/m0/s1. The second kappa shape index (κ2) is 4.97. The van der Waals surface area contributed by atoms with E-state index in [1.165, 1.54) is 5.56 Å². The molecule has 84 valence electrons. The van der Waals surface area contributed by atoms with E-state index in [4.69, 9.17) is 4.74 Å². The first-order chi connectivity index (χ1) is 7.74. The third-order valence-corrected chi connectivity index (χ3v) is 2.74. The van der Waals surface area contributed by atoms with Crippen LogP contribution in [0.1, 0.15) is 25.3 Å². The molecule has 1 aliphatic rings. The van der Waals surface area contributed by atoms with Gasteiger partial charge in [0.25, 0.3) is 0 Å². The van der Waals surface area contributed by atoms with Gasteiger partial charge in [-0.05, 0) is 25.3 Å². The maximum atomic E-state index is 11.3. The third-order valence-electron chi connectivity index (χ3n) is 2.74. The van der Waals surface area contributed by atoms with E-state index in [0.29, 0.717) is 6.42 Å². The molecule has 0 fully saturated rings. The summed E-state index contributed by atoms with van der Waals surface area (Å²) in [7, 11) is 0. The maximum Gasteiger partial charge on any atom is 0.162 e. The first kappa shape index (κ1) is 10.9. The van der Waals surface area contributed by atoms with Crippen molar-refractivity contribution in [1.29, 1.82) is 0 Å². The first-order valence-electron chi connectivity index (χ1n) is 5.66. The van der Waals surface area contributed by atoms with Gasteiger partial charge in [-0.2, -0.15) is 0 Å². The van der Waals surface area contributed by atoms with Crippen molar-refractivity contribution < 1.29 is 9.53 Å². The molecule has 0 radical (unpaired) electrons. The van der Waals surface area contributed by atoms with E-state index >= 15 is 0 Å². The van der Waals surface area contributed by atoms with Crippen LogP contribution in [0.5, 0.6) is 0 Å². The lowest BCUT2D eigenvalue weighted by Crippen LogP contribution is -2.21. The highest BCUT2D eigenvalue weighted by Crippen LogP contribution is 2.18. The zero-order valence-electron chi connectivity index (χ0n) is 9.48. The maximum absolute atomic E-state index is 11.3. The lowest BCUT2D eigenvalue weighted by Gasteiger charge is -2.22. The van der Waals surface area contributed by atoms with E-state index in [-0.39, 0.29) is 11.9 Å². The van der Waals surface area contributed by atoms with E-state index in [1.807, 2.05) is 25.1 Å². The average Bonchev–Trinajstić information content (AvgIpc) is 2.27. The molecule has 1 heterocycles. The van der Waals surface area contributed by atoms with Gasteiger partial charge in [0.2, 0.25) is 0 Å². The second-order valence-corrected chi connectivity index (χ2v) is 4.19. The molecule has 2 rings (SSSR count). The van der Waals surface area contributed by atoms with Crippen LogP contribution in [0.3, 0.4) is 0 Å². The number of hydrogen-bond acceptors (Lipinski definition) is 2. The van der Waals surface area contributed by atoms with Crippen LogP contribution in [0.15, 0.2) is 42.2 Å². The van der Waals surface area contributed by atoms with Gasteiger partial charge in [-0.15, -0.1) is 0 Å². The SMILES string of the molecule is CC1=CC(=O)C[C@H](CCc2ccccc2)O1. The van der Waals surface area contributed by atoms with Crippen molar-refractivity contribution in [2.45, 2.75) is 32.3 Å². The van der Waals surface area contributed by atoms with Crippen molar-refractivity contribution in [3.63, 3.8) is 0 Å². The summed E-state index contributed by atoms with van der Waals surface area (Å²) in [5, 5.41) is 0. The zero-order valence-corrected chi connectivity index (χ0v) is 9.48. The van der Waals surface area contributed by atoms with Crippen molar-refractivity contribution in [2.24, 2.45) is 0 Å². The Morgan fingerprint density at radius 1 is 1.31 bits per heavy atom. The van der Waals surface area contributed by atoms with E-state index in [9.17, 15) is 4.79 Å². The number of carbonyl (C=O) groups is 1. The van der Waals surface area contributed by atoms with Crippen LogP contribution in [0.4, 0.5) is 0 Å². The number of aryl methyl sites for hydroxylation is 1. The summed E-state index contributed by atoms with van der Waals surface area (Å²) in [4.78, 5) is 11.3. The Hall–Kier alpha value is -1.57. The largest absolute Gasteiger partial charge is 0.494 e. The zero-order chi connectivity index (χ0) is 11.4. The Morgan fingerprint density at radius 3 is 2.75 bits per heavy atom. The van der Waals surface area contributed by atoms with Gasteiger partial charge in [0.1, 0.15) is 6.10 Å². The molecule has 0 spiro atoms. The number of carbonyl (C=O) groups excluding carboxylic acids is 1. The minimum absolute atomic E-state index is 0.0534. The smallest absolute Gasteiger partial charge is 0.162 e. The van der Waals surface area contributed by atoms with Crippen LogP contribution in [-0.4, -0.2) is 11.9 Å². The molecule has 0 unspecified atom stereocenters. The molecule has 2 nitrogen and oxygen atoms in total. The Morgan fingerprint density at radius 2 is 2.06 bits per heavy atom. The third kappa shape index (κ3) is 2.96. The van der Waals surface area contributed by atoms with E-state index in [2.05, 4.69) is 12.1 Å². The molecule has 0 N–H and O–H groups in total. The van der Waals surface area contributed by atoms with Gasteiger partial charge in [-0.3, -0.25) is 4.79 Å². The molecule has 2 heteroatoms. The molecular weight excluding hydrogens is 200 g/mol. The highest BCUT2D eigenvalue weighted by Gasteiger charge is 2.19. The predicted octanol–water partition coefficient (Wildman–Crippen LogP) is 2.88. The van der Waals surface area contributed by atoms with Crippen LogP contribution in [0, 0.1) is 0 Å². The van der Waals surface area contributed by atoms with Crippen molar-refractivity contribution in [1.82, 2.24) is 0 Å². The number of rotatable bonds is 3. The van der Waals surface area contributed by atoms with Crippen molar-refractivity contribution in [2.75, 3.05) is 0 Å². The number of hydrogen-bond donors (Lipinski definition) is 0. The average molecular weight is 216 g/mol. The number of benzene rings is 1. The Balaban J connectivity index is 1.88. The van der Waals surface area contributed by atoms with E-state index in [1.54, 1.807) is 6.08 Å². The van der Waals surface area contributed by atoms with E-state index in [0.717, 1.165) is 18.6 Å². The number of allylic oxidation sites excluding steroid dienone is 2. The van der Waals surface area contributed by atoms with Crippen LogP contribution in [-0.2, 0) is 16.0 Å². The van der Waals surface area contributed by atoms with Gasteiger partial charge in [0, 0.05) is 12.5 Å². The summed E-state index contributed by atoms with van der Waals surface area (Å²) < 4.78 is 5.62. The van der Waals surface area contributed by atoms with Gasteiger partial charge in [0.15, 0.2) is 5.78 Å². The lowest BCUT2D eigenvalue weighted by molar-refractivity contribution is -0.118. The molecular formula is C14H16O2. The molecule has 1 aromatic rings. The molecule has 0 aliphatic carbocycles. The Bertz CT molecular complexity index is 392. The summed E-state index contributed by atoms with van der Waals surface area (Å²) >= 11 is 0. The number of ether oxygens (including phenoxy) is 1. The molecule has 0 aromatic heterocycles. The molecule has 0 saturated carbocycles. The van der Waals surface area contributed by atoms with Gasteiger partial charge >= 0.3 is 0 Å². The highest BCUT2D eigenvalue weighted by molar-refractivity contribution is 5.91. The van der Waals surface area contributed by atoms with Crippen molar-refractivity contribution in [3.05, 3.63) is 47.7 Å². The van der Waals surface area contributed by atoms with Gasteiger partial charge in [0.05, 0.1) is 5.76 Å². The van der Waals surface area contributed by atoms with Gasteiger partial charge < -0.3 is 4.74 Å². The Kier molecular flexibility index (Phi) is 3.40. The second-order valence-electron chi connectivity index (χ2n) is 4.19. The molecule has 0 amide bonds. The quantitative estimate of drug-likeness (QED) is 0.776. The van der Waals surface area contributed by atoms with Crippen molar-refractivity contribution >= 4 is 5.78 Å². The first-order valence-corrected chi connectivity index (χ1v) is 5.66. The number of ketones is 1. The van der Waals surface area contributed by atoms with Crippen LogP contribution in [0.2, 0.25) is 0 Å². The van der Waals surface area contributed by atoms with Crippen LogP contribution >= 0.6 is 0 Å². The minimum atomic E-state index is 0.0534. The molecule has 16 heavy (non-hydrogen) atoms. The summed E-state index contributed by atoms with van der Waals surface area (Å²) in [6, 6.07) is 10.3. The summed E-state index contributed by atoms with van der Waals surface area (Å²) in [6.07, 6.45) is 4.02. The monoisotopic (exact) mass is 216 g/mol. The summed E-state index contributed by atoms with van der Waals surface area (Å²) in [6.45, 7) is 1.84. The van der Waals surface area contributed by atoms with Crippen LogP contribution in [0.25, 0.3) is 0 Å². The highest BCUT2D eigenvalue weighted by atomic mass is 16.5. The molecule has 0 saturated heterocycles. The minimum Gasteiger partial charge on any atom is -0.494 e. The molecule has 1 aromatic carbocycles. The van der Waals surface area contributed by atoms with E-state index < -0.39 is 0 Å². The van der Waals surface area contributed by atoms with Gasteiger partial charge in [-0.25, -0.2) is 0 Å². The van der Waals surface area contributed by atoms with Crippen molar-refractivity contribution in [3.8, 4) is 0 Å². The predicted molar refractivity (Wildman–Crippen MR) is 63.0 cm³/mol. The fourth-order valence-corrected chi connectivity index (χ4v) is 1.98. The molecule has 1 atom stereocenters. The summed E-state index contributed by atoms with van der Waals surface area (Å²) in [5.41, 5.74) is 1.30. The topological polar surface area (TPSA) is 26.3 Å². The normalized spacial score (nSPS) is 20.2. The van der Waals surface area contributed by atoms with Crippen LogP contribution < -0.4 is 0 Å². The molecule has 0 bridgehead atoms. The molecule has 1 aliphatic heterocycles. The fourth-order valence-electron chi connectivity index (χ4n) is 1.98. The fraction of sp³-hybridized carbons (Fsp3) is 0.357. The summed E-state index contributed by atoms with van der Waals surface area (Å²) in [5.74, 6) is 0.927. The Labute approximate surface area is 95.9 Å². The lowest BCUT2D eigenvalue weighted by atomic mass is 10.0.